The molecule has 21 heteroatoms. The zero-order valence-electron chi connectivity index (χ0n) is 35.5. The first-order chi connectivity index (χ1) is 29.5. The molecule has 2 atom stereocenters. The van der Waals surface area contributed by atoms with Gasteiger partial charge in [-0.2, -0.15) is 4.58 Å². The Bertz CT molecular complexity index is 2550. The van der Waals surface area contributed by atoms with Crippen molar-refractivity contribution in [1.82, 2.24) is 10.2 Å². The molecule has 0 aliphatic carbocycles. The van der Waals surface area contributed by atoms with Gasteiger partial charge in [-0.1, -0.05) is 12.5 Å². The molecule has 3 heterocycles. The van der Waals surface area contributed by atoms with Crippen molar-refractivity contribution in [3.63, 3.8) is 0 Å². The number of fused-ring (bicyclic) bond motifs is 2. The molecule has 0 fully saturated rings. The third-order valence-electron chi connectivity index (χ3n) is 11.7. The highest BCUT2D eigenvalue weighted by atomic mass is 32.2. The first-order valence-corrected chi connectivity index (χ1v) is 24.7. The number of allylic oxidation sites excluding steroid dienone is 4. The van der Waals surface area contributed by atoms with Crippen LogP contribution in [-0.2, 0) is 65.0 Å². The Hall–Kier alpha value is -4.61. The monoisotopic (exact) mass is 932 g/mol. The fourth-order valence-electron chi connectivity index (χ4n) is 8.48. The van der Waals surface area contributed by atoms with Gasteiger partial charge in [0, 0.05) is 99.3 Å². The van der Waals surface area contributed by atoms with Crippen molar-refractivity contribution in [2.45, 2.75) is 79.4 Å². The van der Waals surface area contributed by atoms with Crippen molar-refractivity contribution < 1.29 is 67.3 Å². The van der Waals surface area contributed by atoms with Crippen molar-refractivity contribution in [1.29, 1.82) is 0 Å². The lowest BCUT2D eigenvalue weighted by atomic mass is 9.75. The lowest BCUT2D eigenvalue weighted by molar-refractivity contribution is -0.441. The van der Waals surface area contributed by atoms with Gasteiger partial charge >= 0.3 is 0 Å². The molecule has 5 rings (SSSR count). The number of nitrogens with one attached hydrogen (secondary N) is 1. The Labute approximate surface area is 368 Å². The van der Waals surface area contributed by atoms with Gasteiger partial charge < -0.3 is 33.3 Å². The molecule has 2 unspecified atom stereocenters. The summed E-state index contributed by atoms with van der Waals surface area (Å²) in [6, 6.07) is 8.23. The van der Waals surface area contributed by atoms with Crippen molar-refractivity contribution in [3.8, 4) is 0 Å². The molecule has 0 radical (unpaired) electrons. The summed E-state index contributed by atoms with van der Waals surface area (Å²) in [7, 11) is -11.3. The fourth-order valence-corrected chi connectivity index (χ4v) is 9.97. The van der Waals surface area contributed by atoms with Gasteiger partial charge in [0.2, 0.25) is 11.6 Å². The van der Waals surface area contributed by atoms with E-state index in [2.05, 4.69) is 5.32 Å². The SMILES string of the molecule is COCC[N+]1=C(C=CC=C2N(CCCCCC(=O)NCCN3C(=O)C=CC3=O)c3ccc(S(=O)(=O)[O-])cc3C2(C)CCOC)C(C)(CCCS(=O)(=O)[O-])c2cc(S(=O)(=O)[O-])ccc21. The highest BCUT2D eigenvalue weighted by molar-refractivity contribution is 7.86. The van der Waals surface area contributed by atoms with Gasteiger partial charge in [-0.15, -0.1) is 0 Å². The molecule has 2 aromatic carbocycles. The minimum atomic E-state index is -4.88. The van der Waals surface area contributed by atoms with E-state index in [1.54, 1.807) is 25.1 Å². The zero-order chi connectivity index (χ0) is 46.4. The van der Waals surface area contributed by atoms with Crippen LogP contribution in [0, 0.1) is 0 Å². The van der Waals surface area contributed by atoms with E-state index in [0.717, 1.165) is 10.6 Å². The van der Waals surface area contributed by atoms with Crippen molar-refractivity contribution in [2.75, 3.05) is 64.3 Å². The second-order valence-corrected chi connectivity index (χ2v) is 20.2. The zero-order valence-corrected chi connectivity index (χ0v) is 38.0. The molecule has 2 aromatic rings. The van der Waals surface area contributed by atoms with Crippen LogP contribution in [0.4, 0.5) is 11.4 Å². The van der Waals surface area contributed by atoms with E-state index in [1.165, 1.54) is 56.7 Å². The first-order valence-electron chi connectivity index (χ1n) is 20.3. The van der Waals surface area contributed by atoms with Crippen LogP contribution in [0.15, 0.2) is 82.3 Å². The summed E-state index contributed by atoms with van der Waals surface area (Å²) in [4.78, 5) is 38.4. The summed E-state index contributed by atoms with van der Waals surface area (Å²) in [5.41, 5.74) is 1.59. The summed E-state index contributed by atoms with van der Waals surface area (Å²) in [5.74, 6) is -1.78. The lowest BCUT2D eigenvalue weighted by Crippen LogP contribution is -2.38. The van der Waals surface area contributed by atoms with Crippen LogP contribution in [0.3, 0.4) is 0 Å². The van der Waals surface area contributed by atoms with Gasteiger partial charge in [0.15, 0.2) is 12.3 Å². The van der Waals surface area contributed by atoms with Crippen LogP contribution in [0.25, 0.3) is 0 Å². The maximum atomic E-state index is 12.6. The Morgan fingerprint density at radius 2 is 1.41 bits per heavy atom. The van der Waals surface area contributed by atoms with Gasteiger partial charge in [0.25, 0.3) is 11.8 Å². The van der Waals surface area contributed by atoms with Crippen LogP contribution in [0.1, 0.15) is 69.9 Å². The molecule has 3 aliphatic heterocycles. The molecule has 0 spiro atoms. The minimum Gasteiger partial charge on any atom is -0.748 e. The van der Waals surface area contributed by atoms with Crippen molar-refractivity contribution in [3.05, 3.63) is 83.6 Å². The van der Waals surface area contributed by atoms with E-state index in [-0.39, 0.29) is 58.0 Å². The second-order valence-electron chi connectivity index (χ2n) is 16.0. The first kappa shape index (κ1) is 49.4. The highest BCUT2D eigenvalue weighted by Crippen LogP contribution is 2.51. The maximum Gasteiger partial charge on any atom is 0.253 e. The molecule has 63 heavy (non-hydrogen) atoms. The lowest BCUT2D eigenvalue weighted by Gasteiger charge is -2.30. The highest BCUT2D eigenvalue weighted by Gasteiger charge is 2.48. The van der Waals surface area contributed by atoms with E-state index >= 15 is 0 Å². The standard InChI is InChI=1S/C42H54N4O14S3/c1-41(19-9-27-61(50,51)52)32-28-30(62(53,54)55)14-16-35(32)45(24-26-60-4)36(41)10-8-11-37-42(2,20-25-59-3)33-29-31(63(56,57)58)13-15-34(33)44(37)22-7-5-6-12-38(47)43-21-23-46-39(48)17-18-40(46)49/h8,10-11,13-18,28-29H,5-7,9,12,19-27H2,1-4H3,(H3-,43,47,50,51,52,53,54,55,56,57,58)/p-2. The van der Waals surface area contributed by atoms with Crippen LogP contribution in [0.2, 0.25) is 0 Å². The number of imide groups is 1. The maximum absolute atomic E-state index is 12.6. The molecule has 0 saturated heterocycles. The molecule has 1 N–H and O–H groups in total. The summed E-state index contributed by atoms with van der Waals surface area (Å²) < 4.78 is 121. The number of anilines is 1. The molecule has 3 amide bonds. The molecule has 18 nitrogen and oxygen atoms in total. The average Bonchev–Trinajstić information content (AvgIpc) is 3.74. The number of ether oxygens (including phenoxy) is 2. The van der Waals surface area contributed by atoms with E-state index in [0.29, 0.717) is 60.4 Å². The Morgan fingerprint density at radius 3 is 2.03 bits per heavy atom. The smallest absolute Gasteiger partial charge is 0.253 e. The average molecular weight is 933 g/mol. The van der Waals surface area contributed by atoms with Crippen LogP contribution in [0.5, 0.6) is 0 Å². The number of nitrogens with zero attached hydrogens (tertiary/aromatic N) is 3. The third-order valence-corrected chi connectivity index (χ3v) is 14.2. The minimum absolute atomic E-state index is 0.0561. The second kappa shape index (κ2) is 20.1. The van der Waals surface area contributed by atoms with E-state index < -0.39 is 68.5 Å². The number of methoxy groups -OCH3 is 2. The number of amides is 3. The summed E-state index contributed by atoms with van der Waals surface area (Å²) >= 11 is 0. The number of hydrogen-bond acceptors (Lipinski definition) is 15. The van der Waals surface area contributed by atoms with Gasteiger partial charge in [-0.05, 0) is 87.9 Å². The third kappa shape index (κ3) is 11.6. The number of hydrogen-bond donors (Lipinski definition) is 1. The van der Waals surface area contributed by atoms with Gasteiger partial charge in [0.1, 0.15) is 26.8 Å². The predicted molar refractivity (Wildman–Crippen MR) is 227 cm³/mol. The van der Waals surface area contributed by atoms with E-state index in [4.69, 9.17) is 9.47 Å². The van der Waals surface area contributed by atoms with Crippen molar-refractivity contribution in [2.24, 2.45) is 0 Å². The largest absolute Gasteiger partial charge is 0.748 e. The van der Waals surface area contributed by atoms with Crippen LogP contribution >= 0.6 is 0 Å². The molecular formula is C42H52N4O14S3-2. The number of rotatable bonds is 23. The Balaban J connectivity index is 1.49. The predicted octanol–water partition coefficient (Wildman–Crippen LogP) is 2.68. The quantitative estimate of drug-likeness (QED) is 0.0727. The molecular weight excluding hydrogens is 881 g/mol. The summed E-state index contributed by atoms with van der Waals surface area (Å²) in [6.07, 6.45) is 10.0. The molecule has 0 bridgehead atoms. The number of carbonyl (C=O) groups is 3. The number of carbonyl (C=O) groups excluding carboxylic acids is 3. The topological polar surface area (TPSA) is 263 Å². The summed E-state index contributed by atoms with van der Waals surface area (Å²) in [5, 5.41) is 2.73. The molecule has 0 saturated carbocycles. The van der Waals surface area contributed by atoms with Gasteiger partial charge in [-0.25, -0.2) is 25.3 Å². The molecule has 3 aliphatic rings. The summed E-state index contributed by atoms with van der Waals surface area (Å²) in [6.45, 7) is 5.05. The Kier molecular flexibility index (Phi) is 15.7. The van der Waals surface area contributed by atoms with Crippen LogP contribution in [-0.4, -0.2) is 131 Å². The van der Waals surface area contributed by atoms with E-state index in [1.807, 2.05) is 22.5 Å². The number of benzene rings is 2. The Morgan fingerprint density at radius 1 is 0.778 bits per heavy atom. The normalized spacial score (nSPS) is 20.8. The molecule has 344 valence electrons. The van der Waals surface area contributed by atoms with Gasteiger partial charge in [0.05, 0.1) is 25.3 Å². The fraction of sp³-hybridized carbons (Fsp3) is 0.476. The molecule has 0 aromatic heterocycles. The van der Waals surface area contributed by atoms with Crippen molar-refractivity contribution >= 4 is 65.2 Å². The van der Waals surface area contributed by atoms with E-state index in [9.17, 15) is 53.3 Å². The van der Waals surface area contributed by atoms with Gasteiger partial charge in [-0.3, -0.25) is 19.3 Å². The number of unbranched alkanes of at least 4 members (excludes halogenated alkanes) is 2. The van der Waals surface area contributed by atoms with Crippen LogP contribution < -0.4 is 10.2 Å².